The first-order valence-electron chi connectivity index (χ1n) is 8.79. The Kier molecular flexibility index (Phi) is 5.30. The standard InChI is InChI=1S/C22H17N3O2S/c1-15-18(12-13-19(23-15)16-8-4-2-5-9-16)21-24-25-22(27-21)28-14-20(26)17-10-6-3-7-11-17/h2-13H,14H2,1H3. The molecule has 0 atom stereocenters. The van der Waals surface area contributed by atoms with Crippen LogP contribution in [0, 0.1) is 6.92 Å². The summed E-state index contributed by atoms with van der Waals surface area (Å²) in [5, 5.41) is 8.52. The molecule has 4 rings (SSSR count). The van der Waals surface area contributed by atoms with Gasteiger partial charge in [0.25, 0.3) is 11.1 Å². The highest BCUT2D eigenvalue weighted by atomic mass is 32.2. The lowest BCUT2D eigenvalue weighted by atomic mass is 10.1. The topological polar surface area (TPSA) is 68.9 Å². The Morgan fingerprint density at radius 1 is 0.929 bits per heavy atom. The minimum Gasteiger partial charge on any atom is -0.411 e. The van der Waals surface area contributed by atoms with E-state index in [-0.39, 0.29) is 11.5 Å². The van der Waals surface area contributed by atoms with Gasteiger partial charge in [0.15, 0.2) is 5.78 Å². The molecule has 0 N–H and O–H groups in total. The highest BCUT2D eigenvalue weighted by Gasteiger charge is 2.15. The van der Waals surface area contributed by atoms with Gasteiger partial charge in [-0.15, -0.1) is 10.2 Å². The lowest BCUT2D eigenvalue weighted by molar-refractivity contribution is 0.102. The molecular weight excluding hydrogens is 370 g/mol. The normalized spacial score (nSPS) is 10.8. The Labute approximate surface area is 166 Å². The van der Waals surface area contributed by atoms with Crippen molar-refractivity contribution in [2.24, 2.45) is 0 Å². The van der Waals surface area contributed by atoms with Crippen molar-refractivity contribution >= 4 is 17.5 Å². The van der Waals surface area contributed by atoms with Crippen molar-refractivity contribution in [2.75, 3.05) is 5.75 Å². The van der Waals surface area contributed by atoms with Gasteiger partial charge in [0.05, 0.1) is 22.7 Å². The summed E-state index contributed by atoms with van der Waals surface area (Å²) in [6, 6.07) is 23.0. The smallest absolute Gasteiger partial charge is 0.277 e. The third kappa shape index (κ3) is 4.02. The summed E-state index contributed by atoms with van der Waals surface area (Å²) in [6.45, 7) is 1.91. The van der Waals surface area contributed by atoms with Crippen LogP contribution in [0.1, 0.15) is 16.1 Å². The zero-order valence-corrected chi connectivity index (χ0v) is 16.0. The SMILES string of the molecule is Cc1nc(-c2ccccc2)ccc1-c1nnc(SCC(=O)c2ccccc2)o1. The van der Waals surface area contributed by atoms with Gasteiger partial charge in [0.2, 0.25) is 0 Å². The van der Waals surface area contributed by atoms with Crippen molar-refractivity contribution in [3.8, 4) is 22.7 Å². The molecule has 0 spiro atoms. The average Bonchev–Trinajstić information content (AvgIpc) is 3.22. The number of Topliss-reactive ketones (excluding diaryl/α,β-unsaturated/α-hetero) is 1. The van der Waals surface area contributed by atoms with Gasteiger partial charge in [-0.1, -0.05) is 72.4 Å². The van der Waals surface area contributed by atoms with Crippen LogP contribution in [-0.2, 0) is 0 Å². The Hall–Kier alpha value is -3.25. The summed E-state index contributed by atoms with van der Waals surface area (Å²) < 4.78 is 5.73. The summed E-state index contributed by atoms with van der Waals surface area (Å²) in [5.74, 6) is 0.671. The zero-order valence-electron chi connectivity index (χ0n) is 15.2. The van der Waals surface area contributed by atoms with Crippen LogP contribution in [0.4, 0.5) is 0 Å². The first-order valence-corrected chi connectivity index (χ1v) is 9.77. The van der Waals surface area contributed by atoms with E-state index in [0.29, 0.717) is 16.7 Å². The van der Waals surface area contributed by atoms with E-state index in [9.17, 15) is 4.79 Å². The van der Waals surface area contributed by atoms with Crippen molar-refractivity contribution in [1.29, 1.82) is 0 Å². The molecule has 0 radical (unpaired) electrons. The predicted octanol–water partition coefficient (Wildman–Crippen LogP) is 5.08. The van der Waals surface area contributed by atoms with E-state index < -0.39 is 0 Å². The van der Waals surface area contributed by atoms with E-state index in [1.807, 2.05) is 67.6 Å². The fourth-order valence-corrected chi connectivity index (χ4v) is 3.43. The number of aromatic nitrogens is 3. The maximum absolute atomic E-state index is 12.2. The number of carbonyl (C=O) groups is 1. The molecule has 5 nitrogen and oxygen atoms in total. The molecule has 0 unspecified atom stereocenters. The van der Waals surface area contributed by atoms with Crippen LogP contribution >= 0.6 is 11.8 Å². The Morgan fingerprint density at radius 3 is 2.36 bits per heavy atom. The number of carbonyl (C=O) groups excluding carboxylic acids is 1. The predicted molar refractivity (Wildman–Crippen MR) is 109 cm³/mol. The highest BCUT2D eigenvalue weighted by Crippen LogP contribution is 2.27. The van der Waals surface area contributed by atoms with E-state index >= 15 is 0 Å². The van der Waals surface area contributed by atoms with Crippen LogP contribution < -0.4 is 0 Å². The molecule has 2 aromatic carbocycles. The van der Waals surface area contributed by atoms with Crippen LogP contribution in [0.15, 0.2) is 82.4 Å². The molecule has 0 fully saturated rings. The minimum absolute atomic E-state index is 0.0235. The van der Waals surface area contributed by atoms with Crippen molar-refractivity contribution in [3.63, 3.8) is 0 Å². The fraction of sp³-hybridized carbons (Fsp3) is 0.0909. The van der Waals surface area contributed by atoms with Gasteiger partial charge in [-0.3, -0.25) is 9.78 Å². The molecule has 2 aromatic heterocycles. The molecule has 0 bridgehead atoms. The Bertz CT molecular complexity index is 1100. The largest absolute Gasteiger partial charge is 0.411 e. The second-order valence-electron chi connectivity index (χ2n) is 6.15. The molecule has 0 aliphatic heterocycles. The molecule has 138 valence electrons. The number of rotatable bonds is 6. The molecule has 2 heterocycles. The van der Waals surface area contributed by atoms with Gasteiger partial charge >= 0.3 is 0 Å². The minimum atomic E-state index is 0.0235. The van der Waals surface area contributed by atoms with E-state index in [0.717, 1.165) is 22.5 Å². The second-order valence-corrected chi connectivity index (χ2v) is 7.07. The number of pyridine rings is 1. The average molecular weight is 387 g/mol. The molecule has 0 aliphatic carbocycles. The highest BCUT2D eigenvalue weighted by molar-refractivity contribution is 7.99. The lowest BCUT2D eigenvalue weighted by Crippen LogP contribution is -2.01. The van der Waals surface area contributed by atoms with Gasteiger partial charge in [-0.25, -0.2) is 0 Å². The molecule has 0 saturated carbocycles. The van der Waals surface area contributed by atoms with Crippen molar-refractivity contribution in [3.05, 3.63) is 84.1 Å². The maximum atomic E-state index is 12.2. The van der Waals surface area contributed by atoms with Gasteiger partial charge in [-0.05, 0) is 19.1 Å². The number of hydrogen-bond donors (Lipinski definition) is 0. The van der Waals surface area contributed by atoms with Crippen LogP contribution in [0.5, 0.6) is 0 Å². The molecular formula is C22H17N3O2S. The molecule has 0 saturated heterocycles. The van der Waals surface area contributed by atoms with Gasteiger partial charge in [0, 0.05) is 11.1 Å². The van der Waals surface area contributed by atoms with E-state index in [4.69, 9.17) is 4.42 Å². The van der Waals surface area contributed by atoms with Crippen molar-refractivity contribution in [2.45, 2.75) is 12.1 Å². The van der Waals surface area contributed by atoms with Crippen LogP contribution in [0.3, 0.4) is 0 Å². The van der Waals surface area contributed by atoms with E-state index in [1.54, 1.807) is 12.1 Å². The lowest BCUT2D eigenvalue weighted by Gasteiger charge is -2.05. The first kappa shape index (κ1) is 18.1. The fourth-order valence-electron chi connectivity index (χ4n) is 2.77. The van der Waals surface area contributed by atoms with E-state index in [1.165, 1.54) is 11.8 Å². The van der Waals surface area contributed by atoms with Gasteiger partial charge < -0.3 is 4.42 Å². The molecule has 4 aromatic rings. The summed E-state index contributed by atoms with van der Waals surface area (Å²) in [6.07, 6.45) is 0. The monoisotopic (exact) mass is 387 g/mol. The van der Waals surface area contributed by atoms with Crippen LogP contribution in [0.25, 0.3) is 22.7 Å². The summed E-state index contributed by atoms with van der Waals surface area (Å²) in [5.41, 5.74) is 4.21. The maximum Gasteiger partial charge on any atom is 0.277 e. The van der Waals surface area contributed by atoms with Gasteiger partial charge in [0.1, 0.15) is 0 Å². The number of ketones is 1. The van der Waals surface area contributed by atoms with Crippen molar-refractivity contribution < 1.29 is 9.21 Å². The van der Waals surface area contributed by atoms with E-state index in [2.05, 4.69) is 15.2 Å². The quantitative estimate of drug-likeness (QED) is 0.339. The third-order valence-electron chi connectivity index (χ3n) is 4.21. The molecule has 6 heteroatoms. The zero-order chi connectivity index (χ0) is 19.3. The number of benzene rings is 2. The molecule has 28 heavy (non-hydrogen) atoms. The summed E-state index contributed by atoms with van der Waals surface area (Å²) in [4.78, 5) is 16.9. The summed E-state index contributed by atoms with van der Waals surface area (Å²) in [7, 11) is 0. The van der Waals surface area contributed by atoms with Crippen LogP contribution in [-0.4, -0.2) is 26.7 Å². The first-order chi connectivity index (χ1) is 13.7. The number of nitrogens with zero attached hydrogens (tertiary/aromatic N) is 3. The molecule has 0 amide bonds. The number of thioether (sulfide) groups is 1. The van der Waals surface area contributed by atoms with Crippen molar-refractivity contribution in [1.82, 2.24) is 15.2 Å². The van der Waals surface area contributed by atoms with Crippen LogP contribution in [0.2, 0.25) is 0 Å². The second kappa shape index (κ2) is 8.19. The number of hydrogen-bond acceptors (Lipinski definition) is 6. The Balaban J connectivity index is 1.47. The van der Waals surface area contributed by atoms with Gasteiger partial charge in [-0.2, -0.15) is 0 Å². The number of aryl methyl sites for hydroxylation is 1. The Morgan fingerprint density at radius 2 is 1.64 bits per heavy atom. The third-order valence-corrected chi connectivity index (χ3v) is 5.03. The summed E-state index contributed by atoms with van der Waals surface area (Å²) >= 11 is 1.23. The molecule has 0 aliphatic rings.